The maximum atomic E-state index is 13.2. The van der Waals surface area contributed by atoms with Gasteiger partial charge < -0.3 is 14.2 Å². The molecule has 0 aromatic carbocycles. The molecule has 0 unspecified atom stereocenters. The molecule has 0 bridgehead atoms. The molecule has 7 heteroatoms. The molecule has 0 N–H and O–H groups in total. The summed E-state index contributed by atoms with van der Waals surface area (Å²) in [6.07, 6.45) is 3.11. The molecule has 3 heterocycles. The Kier molecular flexibility index (Phi) is 3.45. The molecule has 3 rings (SSSR count). The minimum Gasteiger partial charge on any atom is -0.398 e. The molecule has 2 saturated heterocycles. The average Bonchev–Trinajstić information content (AvgIpc) is 2.92. The zero-order valence-corrected chi connectivity index (χ0v) is 13.0. The number of anilines is 1. The van der Waals surface area contributed by atoms with Gasteiger partial charge >= 0.3 is 7.12 Å². The molecule has 0 amide bonds. The average molecular weight is 293 g/mol. The number of halogens is 1. The molecule has 21 heavy (non-hydrogen) atoms. The number of nitrogens with zero attached hydrogens (tertiary/aromatic N) is 3. The highest BCUT2D eigenvalue weighted by atomic mass is 19.1. The van der Waals surface area contributed by atoms with Gasteiger partial charge in [-0.1, -0.05) is 0 Å². The maximum Gasteiger partial charge on any atom is 0.516 e. The van der Waals surface area contributed by atoms with Crippen LogP contribution in [0.25, 0.3) is 0 Å². The quantitative estimate of drug-likeness (QED) is 0.770. The Bertz CT molecular complexity index is 507. The van der Waals surface area contributed by atoms with Gasteiger partial charge in [0.2, 0.25) is 0 Å². The lowest BCUT2D eigenvalue weighted by atomic mass is 9.85. The van der Waals surface area contributed by atoms with Crippen LogP contribution in [0, 0.1) is 0 Å². The first-order valence-electron chi connectivity index (χ1n) is 7.35. The summed E-state index contributed by atoms with van der Waals surface area (Å²) in [5, 5.41) is 0. The Morgan fingerprint density at radius 2 is 1.86 bits per heavy atom. The van der Waals surface area contributed by atoms with E-state index in [2.05, 4.69) is 9.97 Å². The first-order valence-corrected chi connectivity index (χ1v) is 7.35. The van der Waals surface area contributed by atoms with Gasteiger partial charge in [0.25, 0.3) is 0 Å². The van der Waals surface area contributed by atoms with E-state index in [-0.39, 0.29) is 0 Å². The predicted molar refractivity (Wildman–Crippen MR) is 79.5 cm³/mol. The van der Waals surface area contributed by atoms with Crippen LogP contribution >= 0.6 is 0 Å². The maximum absolute atomic E-state index is 13.2. The Morgan fingerprint density at radius 1 is 1.19 bits per heavy atom. The molecule has 2 aliphatic rings. The van der Waals surface area contributed by atoms with Crippen molar-refractivity contribution in [3.63, 3.8) is 0 Å². The second-order valence-electron chi connectivity index (χ2n) is 6.72. The van der Waals surface area contributed by atoms with Crippen molar-refractivity contribution in [2.24, 2.45) is 0 Å². The van der Waals surface area contributed by atoms with E-state index in [1.807, 2.05) is 32.6 Å². The number of aromatic nitrogens is 2. The van der Waals surface area contributed by atoms with Gasteiger partial charge in [0.1, 0.15) is 12.0 Å². The highest BCUT2D eigenvalue weighted by Crippen LogP contribution is 2.36. The minimum absolute atomic E-state index is 0.393. The van der Waals surface area contributed by atoms with Crippen LogP contribution in [-0.2, 0) is 9.31 Å². The zero-order chi connectivity index (χ0) is 15.3. The second-order valence-corrected chi connectivity index (χ2v) is 6.72. The highest BCUT2D eigenvalue weighted by molar-refractivity contribution is 6.61. The molecular formula is C14H21BFN3O2. The van der Waals surface area contributed by atoms with Crippen molar-refractivity contribution in [3.05, 3.63) is 12.4 Å². The fourth-order valence-electron chi connectivity index (χ4n) is 2.51. The topological polar surface area (TPSA) is 47.5 Å². The van der Waals surface area contributed by atoms with Crippen LogP contribution in [0.2, 0.25) is 0 Å². The van der Waals surface area contributed by atoms with E-state index in [4.69, 9.17) is 9.31 Å². The molecule has 0 radical (unpaired) electrons. The highest BCUT2D eigenvalue weighted by Gasteiger charge is 2.52. The SMILES string of the molecule is CC1(C)OB(c2cnc(N3CC[C@H](F)C3)cn2)OC1(C)C. The lowest BCUT2D eigenvalue weighted by molar-refractivity contribution is 0.00578. The van der Waals surface area contributed by atoms with Crippen LogP contribution in [0.1, 0.15) is 34.1 Å². The van der Waals surface area contributed by atoms with Crippen LogP contribution in [-0.4, -0.2) is 47.5 Å². The molecule has 1 aromatic heterocycles. The lowest BCUT2D eigenvalue weighted by Gasteiger charge is -2.32. The molecule has 0 saturated carbocycles. The third-order valence-corrected chi connectivity index (χ3v) is 4.61. The summed E-state index contributed by atoms with van der Waals surface area (Å²) >= 11 is 0. The molecule has 2 fully saturated rings. The summed E-state index contributed by atoms with van der Waals surface area (Å²) in [5.74, 6) is 0.704. The first-order chi connectivity index (χ1) is 9.78. The third kappa shape index (κ3) is 2.64. The van der Waals surface area contributed by atoms with Gasteiger partial charge in [-0.25, -0.2) is 9.37 Å². The third-order valence-electron chi connectivity index (χ3n) is 4.61. The molecule has 5 nitrogen and oxygen atoms in total. The predicted octanol–water partition coefficient (Wildman–Crippen LogP) is 1.32. The molecule has 114 valence electrons. The van der Waals surface area contributed by atoms with Crippen molar-refractivity contribution < 1.29 is 13.7 Å². The van der Waals surface area contributed by atoms with Crippen LogP contribution in [0.4, 0.5) is 10.2 Å². The fraction of sp³-hybridized carbons (Fsp3) is 0.714. The second kappa shape index (κ2) is 4.92. The summed E-state index contributed by atoms with van der Waals surface area (Å²) < 4.78 is 25.1. The summed E-state index contributed by atoms with van der Waals surface area (Å²) in [7, 11) is -0.510. The minimum atomic E-state index is -0.769. The number of rotatable bonds is 2. The number of alkyl halides is 1. The summed E-state index contributed by atoms with van der Waals surface area (Å²) in [4.78, 5) is 10.7. The van der Waals surface area contributed by atoms with Crippen LogP contribution < -0.4 is 10.5 Å². The molecular weight excluding hydrogens is 272 g/mol. The Hall–Kier alpha value is -1.21. The van der Waals surface area contributed by atoms with Crippen molar-refractivity contribution in [2.75, 3.05) is 18.0 Å². The smallest absolute Gasteiger partial charge is 0.398 e. The Labute approximate surface area is 125 Å². The number of hydrogen-bond donors (Lipinski definition) is 0. The van der Waals surface area contributed by atoms with Crippen molar-refractivity contribution in [2.45, 2.75) is 51.5 Å². The molecule has 0 spiro atoms. The van der Waals surface area contributed by atoms with Gasteiger partial charge in [0.05, 0.1) is 29.5 Å². The zero-order valence-electron chi connectivity index (χ0n) is 13.0. The summed E-state index contributed by atoms with van der Waals surface area (Å²) in [5.41, 5.74) is -0.142. The lowest BCUT2D eigenvalue weighted by Crippen LogP contribution is -2.41. The van der Waals surface area contributed by atoms with Crippen LogP contribution in [0.5, 0.6) is 0 Å². The van der Waals surface area contributed by atoms with Crippen molar-refractivity contribution in [3.8, 4) is 0 Å². The van der Waals surface area contributed by atoms with E-state index in [0.717, 1.165) is 0 Å². The van der Waals surface area contributed by atoms with E-state index < -0.39 is 24.5 Å². The van der Waals surface area contributed by atoms with Crippen molar-refractivity contribution in [1.29, 1.82) is 0 Å². The molecule has 0 aliphatic carbocycles. The van der Waals surface area contributed by atoms with Gasteiger partial charge in [0.15, 0.2) is 0 Å². The molecule has 2 aliphatic heterocycles. The monoisotopic (exact) mass is 293 g/mol. The normalized spacial score (nSPS) is 27.4. The van der Waals surface area contributed by atoms with Crippen LogP contribution in [0.3, 0.4) is 0 Å². The van der Waals surface area contributed by atoms with Gasteiger partial charge in [-0.2, -0.15) is 0 Å². The van der Waals surface area contributed by atoms with Gasteiger partial charge in [-0.05, 0) is 34.1 Å². The number of hydrogen-bond acceptors (Lipinski definition) is 5. The van der Waals surface area contributed by atoms with Crippen molar-refractivity contribution >= 4 is 18.5 Å². The standard InChI is InChI=1S/C14H21BFN3O2/c1-13(2)14(3,4)21-15(20-13)11-7-18-12(8-17-11)19-6-5-10(16)9-19/h7-8,10H,5-6,9H2,1-4H3/t10-/m0/s1. The van der Waals surface area contributed by atoms with Gasteiger partial charge in [0, 0.05) is 12.7 Å². The van der Waals surface area contributed by atoms with Crippen LogP contribution in [0.15, 0.2) is 12.4 Å². The Balaban J connectivity index is 1.74. The van der Waals surface area contributed by atoms with Crippen molar-refractivity contribution in [1.82, 2.24) is 9.97 Å². The first kappa shape index (κ1) is 14.7. The van der Waals surface area contributed by atoms with Gasteiger partial charge in [-0.3, -0.25) is 4.98 Å². The molecule has 1 aromatic rings. The van der Waals surface area contributed by atoms with E-state index in [1.165, 1.54) is 0 Å². The summed E-state index contributed by atoms with van der Waals surface area (Å²) in [6, 6.07) is 0. The molecule has 1 atom stereocenters. The van der Waals surface area contributed by atoms with E-state index in [1.54, 1.807) is 12.4 Å². The van der Waals surface area contributed by atoms with E-state index in [9.17, 15) is 4.39 Å². The Morgan fingerprint density at radius 3 is 2.33 bits per heavy atom. The fourth-order valence-corrected chi connectivity index (χ4v) is 2.51. The largest absolute Gasteiger partial charge is 0.516 e. The summed E-state index contributed by atoms with van der Waals surface area (Å²) in [6.45, 7) is 9.08. The van der Waals surface area contributed by atoms with E-state index in [0.29, 0.717) is 30.9 Å². The van der Waals surface area contributed by atoms with E-state index >= 15 is 0 Å². The van der Waals surface area contributed by atoms with Gasteiger partial charge in [-0.15, -0.1) is 0 Å².